The fraction of sp³-hybridized carbons (Fsp3) is 0.500. The first-order valence-corrected chi connectivity index (χ1v) is 13.1. The van der Waals surface area contributed by atoms with E-state index in [1.165, 1.54) is 6.07 Å². The van der Waals surface area contributed by atoms with Crippen molar-refractivity contribution in [2.45, 2.75) is 38.6 Å². The summed E-state index contributed by atoms with van der Waals surface area (Å²) in [6.07, 6.45) is 4.96. The Hall–Kier alpha value is -2.19. The second-order valence-electron chi connectivity index (χ2n) is 9.42. The Balaban J connectivity index is 1.40. The minimum atomic E-state index is -0.393. The van der Waals surface area contributed by atoms with E-state index in [2.05, 4.69) is 9.80 Å². The molecule has 0 radical (unpaired) electrons. The maximum atomic E-state index is 13.5. The molecule has 1 aliphatic heterocycles. The number of amides is 1. The van der Waals surface area contributed by atoms with Gasteiger partial charge in [-0.3, -0.25) is 24.7 Å². The zero-order valence-corrected chi connectivity index (χ0v) is 21.4. The van der Waals surface area contributed by atoms with E-state index in [0.717, 1.165) is 75.4 Å². The summed E-state index contributed by atoms with van der Waals surface area (Å²) >= 11 is 12.5. The summed E-state index contributed by atoms with van der Waals surface area (Å²) in [5.74, 6) is -0.0314. The lowest BCUT2D eigenvalue weighted by molar-refractivity contribution is -0.384. The normalized spacial score (nSPS) is 17.9. The Bertz CT molecular complexity index is 1040. The van der Waals surface area contributed by atoms with Crippen LogP contribution in [-0.2, 0) is 11.3 Å². The van der Waals surface area contributed by atoms with Crippen molar-refractivity contribution < 1.29 is 9.72 Å². The van der Waals surface area contributed by atoms with Gasteiger partial charge in [-0.1, -0.05) is 54.6 Å². The molecule has 1 amide bonds. The molecular formula is C26H32Cl2N4O3. The van der Waals surface area contributed by atoms with E-state index in [9.17, 15) is 14.9 Å². The highest BCUT2D eigenvalue weighted by Crippen LogP contribution is 2.32. The van der Waals surface area contributed by atoms with E-state index >= 15 is 0 Å². The van der Waals surface area contributed by atoms with Crippen molar-refractivity contribution in [2.75, 3.05) is 44.2 Å². The van der Waals surface area contributed by atoms with Gasteiger partial charge in [-0.25, -0.2) is 0 Å². The average Bonchev–Trinajstić information content (AvgIpc) is 2.88. The third-order valence-electron chi connectivity index (χ3n) is 7.10. The Morgan fingerprint density at radius 2 is 1.69 bits per heavy atom. The van der Waals surface area contributed by atoms with Gasteiger partial charge < -0.3 is 4.90 Å². The molecule has 0 bridgehead atoms. The molecule has 7 nitrogen and oxygen atoms in total. The maximum absolute atomic E-state index is 13.5. The van der Waals surface area contributed by atoms with Gasteiger partial charge in [0.1, 0.15) is 5.69 Å². The molecule has 0 N–H and O–H groups in total. The molecule has 1 saturated carbocycles. The molecule has 2 aliphatic rings. The first kappa shape index (κ1) is 25.9. The number of nitro benzene ring substituents is 1. The quantitative estimate of drug-likeness (QED) is 0.334. The van der Waals surface area contributed by atoms with Crippen molar-refractivity contribution in [3.63, 3.8) is 0 Å². The number of rotatable bonds is 8. The van der Waals surface area contributed by atoms with Gasteiger partial charge in [0, 0.05) is 67.8 Å². The molecule has 1 saturated heterocycles. The summed E-state index contributed by atoms with van der Waals surface area (Å²) in [5, 5.41) is 13.1. The molecule has 0 atom stereocenters. The molecule has 4 rings (SSSR count). The predicted octanol–water partition coefficient (Wildman–Crippen LogP) is 5.63. The number of piperazine rings is 1. The van der Waals surface area contributed by atoms with Crippen molar-refractivity contribution >= 4 is 40.5 Å². The number of hydrogen-bond donors (Lipinski definition) is 0. The van der Waals surface area contributed by atoms with Gasteiger partial charge in [-0.05, 0) is 42.7 Å². The summed E-state index contributed by atoms with van der Waals surface area (Å²) in [7, 11) is 0. The molecule has 2 aromatic rings. The average molecular weight is 519 g/mol. The van der Waals surface area contributed by atoms with Crippen molar-refractivity contribution in [3.8, 4) is 0 Å². The number of halogens is 2. The third kappa shape index (κ3) is 6.73. The van der Waals surface area contributed by atoms with Crippen LogP contribution in [0.25, 0.3) is 0 Å². The van der Waals surface area contributed by atoms with Crippen LogP contribution in [0.1, 0.15) is 37.7 Å². The zero-order valence-electron chi connectivity index (χ0n) is 19.9. The number of hydrogen-bond acceptors (Lipinski definition) is 5. The lowest BCUT2D eigenvalue weighted by Gasteiger charge is -2.36. The smallest absolute Gasteiger partial charge is 0.292 e. The zero-order chi connectivity index (χ0) is 24.8. The molecule has 0 unspecified atom stereocenters. The monoisotopic (exact) mass is 518 g/mol. The van der Waals surface area contributed by atoms with Gasteiger partial charge in [0.2, 0.25) is 5.91 Å². The fourth-order valence-electron chi connectivity index (χ4n) is 5.08. The Morgan fingerprint density at radius 3 is 2.40 bits per heavy atom. The molecule has 2 aromatic carbocycles. The topological polar surface area (TPSA) is 69.9 Å². The van der Waals surface area contributed by atoms with Crippen LogP contribution in [0.15, 0.2) is 42.5 Å². The van der Waals surface area contributed by atoms with E-state index in [4.69, 9.17) is 23.2 Å². The first-order chi connectivity index (χ1) is 16.9. The summed E-state index contributed by atoms with van der Waals surface area (Å²) < 4.78 is 0. The number of nitrogens with zero attached hydrogens (tertiary/aromatic N) is 4. The largest absolute Gasteiger partial charge is 0.305 e. The van der Waals surface area contributed by atoms with Crippen LogP contribution in [0.2, 0.25) is 10.0 Å². The van der Waals surface area contributed by atoms with Crippen LogP contribution in [0, 0.1) is 16.0 Å². The Morgan fingerprint density at radius 1 is 1.00 bits per heavy atom. The Labute approximate surface area is 216 Å². The number of para-hydroxylation sites is 2. The minimum absolute atomic E-state index is 0.0140. The molecule has 1 heterocycles. The standard InChI is InChI=1S/C26H32Cl2N4O3/c27-22-10-11-23(28)21(18-22)19-30-14-12-29(13-15-30)16-17-31(26(33)20-6-2-1-3-7-20)24-8-4-5-9-25(24)32(34)35/h4-5,8-11,18,20H,1-3,6-7,12-17,19H2. The minimum Gasteiger partial charge on any atom is -0.305 e. The molecule has 0 aromatic heterocycles. The molecule has 35 heavy (non-hydrogen) atoms. The van der Waals surface area contributed by atoms with Crippen LogP contribution >= 0.6 is 23.2 Å². The van der Waals surface area contributed by atoms with Crippen molar-refractivity contribution in [1.29, 1.82) is 0 Å². The molecule has 188 valence electrons. The second kappa shape index (κ2) is 12.2. The van der Waals surface area contributed by atoms with E-state index in [1.54, 1.807) is 29.2 Å². The molecule has 9 heteroatoms. The van der Waals surface area contributed by atoms with Gasteiger partial charge in [0.15, 0.2) is 0 Å². The van der Waals surface area contributed by atoms with Gasteiger partial charge in [0.05, 0.1) is 4.92 Å². The first-order valence-electron chi connectivity index (χ1n) is 12.4. The molecular weight excluding hydrogens is 487 g/mol. The summed E-state index contributed by atoms with van der Waals surface area (Å²) in [6.45, 7) is 5.35. The number of anilines is 1. The number of nitro groups is 1. The second-order valence-corrected chi connectivity index (χ2v) is 10.3. The van der Waals surface area contributed by atoms with Gasteiger partial charge in [0.25, 0.3) is 5.69 Å². The van der Waals surface area contributed by atoms with Crippen molar-refractivity contribution in [3.05, 3.63) is 68.2 Å². The molecule has 1 aliphatic carbocycles. The lowest BCUT2D eigenvalue weighted by atomic mass is 9.88. The van der Waals surface area contributed by atoms with Crippen LogP contribution in [0.3, 0.4) is 0 Å². The number of carbonyl (C=O) groups excluding carboxylic acids is 1. The highest BCUT2D eigenvalue weighted by atomic mass is 35.5. The van der Waals surface area contributed by atoms with Crippen LogP contribution in [0.5, 0.6) is 0 Å². The Kier molecular flexibility index (Phi) is 9.00. The highest BCUT2D eigenvalue weighted by molar-refractivity contribution is 6.33. The van der Waals surface area contributed by atoms with Crippen LogP contribution < -0.4 is 4.90 Å². The van der Waals surface area contributed by atoms with E-state index in [-0.39, 0.29) is 17.5 Å². The lowest BCUT2D eigenvalue weighted by Crippen LogP contribution is -2.49. The summed E-state index contributed by atoms with van der Waals surface area (Å²) in [6, 6.07) is 12.1. The number of benzene rings is 2. The molecule has 0 spiro atoms. The molecule has 2 fully saturated rings. The predicted molar refractivity (Wildman–Crippen MR) is 140 cm³/mol. The van der Waals surface area contributed by atoms with E-state index in [1.807, 2.05) is 12.1 Å². The van der Waals surface area contributed by atoms with Crippen molar-refractivity contribution in [2.24, 2.45) is 5.92 Å². The SMILES string of the molecule is O=C(C1CCCCC1)N(CCN1CCN(Cc2cc(Cl)ccc2Cl)CC1)c1ccccc1[N+](=O)[O-]. The van der Waals surface area contributed by atoms with E-state index in [0.29, 0.717) is 23.8 Å². The van der Waals surface area contributed by atoms with Crippen molar-refractivity contribution in [1.82, 2.24) is 9.80 Å². The summed E-state index contributed by atoms with van der Waals surface area (Å²) in [5.41, 5.74) is 1.41. The van der Waals surface area contributed by atoms with Gasteiger partial charge in [-0.15, -0.1) is 0 Å². The fourth-order valence-corrected chi connectivity index (χ4v) is 5.46. The van der Waals surface area contributed by atoms with Gasteiger partial charge in [-0.2, -0.15) is 0 Å². The van der Waals surface area contributed by atoms with Crippen LogP contribution in [0.4, 0.5) is 11.4 Å². The third-order valence-corrected chi connectivity index (χ3v) is 7.70. The van der Waals surface area contributed by atoms with Crippen LogP contribution in [-0.4, -0.2) is 59.9 Å². The van der Waals surface area contributed by atoms with E-state index < -0.39 is 4.92 Å². The highest BCUT2D eigenvalue weighted by Gasteiger charge is 2.31. The number of carbonyl (C=O) groups is 1. The summed E-state index contributed by atoms with van der Waals surface area (Å²) in [4.78, 5) is 31.2. The maximum Gasteiger partial charge on any atom is 0.292 e. The van der Waals surface area contributed by atoms with Gasteiger partial charge >= 0.3 is 0 Å².